The third-order valence-electron chi connectivity index (χ3n) is 4.20. The lowest BCUT2D eigenvalue weighted by molar-refractivity contribution is -0.121. The summed E-state index contributed by atoms with van der Waals surface area (Å²) in [6, 6.07) is 11.8. The predicted octanol–water partition coefficient (Wildman–Crippen LogP) is 2.64. The van der Waals surface area contributed by atoms with Crippen LogP contribution in [-0.4, -0.2) is 34.6 Å². The Bertz CT molecular complexity index is 942. The lowest BCUT2D eigenvalue weighted by Gasteiger charge is -2.12. The molecule has 29 heavy (non-hydrogen) atoms. The Morgan fingerprint density at radius 1 is 1.07 bits per heavy atom. The number of amides is 1. The van der Waals surface area contributed by atoms with Crippen molar-refractivity contribution >= 4 is 15.9 Å². The molecule has 2 aromatic carbocycles. The average Bonchev–Trinajstić information content (AvgIpc) is 2.69. The Balaban J connectivity index is 1.96. The van der Waals surface area contributed by atoms with Crippen molar-refractivity contribution in [3.05, 3.63) is 53.6 Å². The third kappa shape index (κ3) is 6.76. The first-order valence-corrected chi connectivity index (χ1v) is 10.8. The molecule has 2 aromatic rings. The number of hydrogen-bond donors (Lipinski definition) is 2. The average molecular weight is 421 g/mol. The molecule has 0 spiro atoms. The van der Waals surface area contributed by atoms with E-state index in [0.717, 1.165) is 5.56 Å². The fourth-order valence-corrected chi connectivity index (χ4v) is 4.14. The Morgan fingerprint density at radius 2 is 1.83 bits per heavy atom. The smallest absolute Gasteiger partial charge is 0.240 e. The second-order valence-electron chi connectivity index (χ2n) is 6.88. The highest BCUT2D eigenvalue weighted by molar-refractivity contribution is 7.89. The van der Waals surface area contributed by atoms with E-state index >= 15 is 0 Å². The van der Waals surface area contributed by atoms with Crippen LogP contribution < -0.4 is 19.5 Å². The van der Waals surface area contributed by atoms with Crippen LogP contribution in [0.4, 0.5) is 0 Å². The zero-order valence-corrected chi connectivity index (χ0v) is 18.0. The van der Waals surface area contributed by atoms with Gasteiger partial charge in [0.2, 0.25) is 15.9 Å². The van der Waals surface area contributed by atoms with Crippen molar-refractivity contribution in [3.8, 4) is 11.5 Å². The van der Waals surface area contributed by atoms with Crippen molar-refractivity contribution < 1.29 is 22.7 Å². The van der Waals surface area contributed by atoms with Crippen molar-refractivity contribution in [1.82, 2.24) is 10.0 Å². The van der Waals surface area contributed by atoms with E-state index in [4.69, 9.17) is 9.47 Å². The maximum atomic E-state index is 12.3. The molecular weight excluding hydrogens is 392 g/mol. The van der Waals surface area contributed by atoms with Gasteiger partial charge in [0.25, 0.3) is 0 Å². The van der Waals surface area contributed by atoms with Gasteiger partial charge in [0.05, 0.1) is 19.1 Å². The van der Waals surface area contributed by atoms with E-state index in [1.165, 1.54) is 6.07 Å². The van der Waals surface area contributed by atoms with Crippen LogP contribution in [0.25, 0.3) is 0 Å². The van der Waals surface area contributed by atoms with Gasteiger partial charge in [0.15, 0.2) is 0 Å². The molecule has 7 nitrogen and oxygen atoms in total. The van der Waals surface area contributed by atoms with Crippen molar-refractivity contribution in [3.63, 3.8) is 0 Å². The van der Waals surface area contributed by atoms with E-state index in [-0.39, 0.29) is 29.8 Å². The molecule has 0 heterocycles. The van der Waals surface area contributed by atoms with E-state index in [2.05, 4.69) is 10.0 Å². The third-order valence-corrected chi connectivity index (χ3v) is 5.85. The molecule has 0 aliphatic carbocycles. The fourth-order valence-electron chi connectivity index (χ4n) is 2.82. The lowest BCUT2D eigenvalue weighted by Crippen LogP contribution is -2.30. The summed E-state index contributed by atoms with van der Waals surface area (Å²) in [5.41, 5.74) is 1.60. The monoisotopic (exact) mass is 420 g/mol. The summed E-state index contributed by atoms with van der Waals surface area (Å²) in [5, 5.41) is 2.83. The summed E-state index contributed by atoms with van der Waals surface area (Å²) in [4.78, 5) is 12.4. The van der Waals surface area contributed by atoms with Crippen LogP contribution in [0.5, 0.6) is 11.5 Å². The van der Waals surface area contributed by atoms with Gasteiger partial charge in [-0.1, -0.05) is 12.1 Å². The molecule has 0 aliphatic rings. The summed E-state index contributed by atoms with van der Waals surface area (Å²) in [6.45, 7) is 3.77. The molecule has 0 bridgehead atoms. The molecule has 0 fully saturated rings. The number of carbonyl (C=O) groups excluding carboxylic acids is 1. The Morgan fingerprint density at radius 3 is 2.48 bits per heavy atom. The van der Waals surface area contributed by atoms with Gasteiger partial charge < -0.3 is 14.8 Å². The topological polar surface area (TPSA) is 93.7 Å². The zero-order valence-electron chi connectivity index (χ0n) is 17.2. The van der Waals surface area contributed by atoms with Crippen molar-refractivity contribution in [2.24, 2.45) is 0 Å². The summed E-state index contributed by atoms with van der Waals surface area (Å²) in [6.07, 6.45) is 0.773. The number of carbonyl (C=O) groups is 1. The van der Waals surface area contributed by atoms with Crippen LogP contribution in [0.1, 0.15) is 31.4 Å². The van der Waals surface area contributed by atoms with Gasteiger partial charge in [-0.25, -0.2) is 13.1 Å². The van der Waals surface area contributed by atoms with Crippen LogP contribution in [0, 0.1) is 0 Å². The molecule has 158 valence electrons. The quantitative estimate of drug-likeness (QED) is 0.616. The van der Waals surface area contributed by atoms with E-state index < -0.39 is 10.0 Å². The Kier molecular flexibility index (Phi) is 8.04. The van der Waals surface area contributed by atoms with E-state index in [9.17, 15) is 13.2 Å². The minimum absolute atomic E-state index is 0.136. The Hall–Kier alpha value is -2.58. The number of rotatable bonds is 10. The molecule has 0 radical (unpaired) electrons. The first-order chi connectivity index (χ1) is 13.7. The van der Waals surface area contributed by atoms with Crippen molar-refractivity contribution in [2.45, 2.75) is 44.2 Å². The number of nitrogens with one attached hydrogen (secondary N) is 2. The summed E-state index contributed by atoms with van der Waals surface area (Å²) in [7, 11) is -0.399. The lowest BCUT2D eigenvalue weighted by atomic mass is 10.1. The SMILES string of the molecule is COc1ccc(OC)c(CCC(=O)NCc2cccc(S(=O)(=O)NC(C)C)c2)c1. The Labute approximate surface area is 172 Å². The molecular formula is C21H28N2O5S. The van der Waals surface area contributed by atoms with Crippen LogP contribution in [-0.2, 0) is 27.8 Å². The highest BCUT2D eigenvalue weighted by Gasteiger charge is 2.15. The maximum absolute atomic E-state index is 12.3. The maximum Gasteiger partial charge on any atom is 0.240 e. The minimum atomic E-state index is -3.57. The number of hydrogen-bond acceptors (Lipinski definition) is 5. The largest absolute Gasteiger partial charge is 0.497 e. The van der Waals surface area contributed by atoms with Gasteiger partial charge in [0.1, 0.15) is 11.5 Å². The predicted molar refractivity (Wildman–Crippen MR) is 112 cm³/mol. The fraction of sp³-hybridized carbons (Fsp3) is 0.381. The van der Waals surface area contributed by atoms with Gasteiger partial charge in [-0.3, -0.25) is 4.79 Å². The molecule has 0 aromatic heterocycles. The molecule has 2 rings (SSSR count). The number of benzene rings is 2. The number of ether oxygens (including phenoxy) is 2. The number of methoxy groups -OCH3 is 2. The first kappa shape index (κ1) is 22.7. The molecule has 2 N–H and O–H groups in total. The summed E-state index contributed by atoms with van der Waals surface area (Å²) >= 11 is 0. The standard InChI is InChI=1S/C21H28N2O5S/c1-15(2)23-29(25,26)19-7-5-6-16(12-19)14-22-21(24)11-8-17-13-18(27-3)9-10-20(17)28-4/h5-7,9-10,12-13,15,23H,8,11,14H2,1-4H3,(H,22,24). The van der Waals surface area contributed by atoms with Gasteiger partial charge in [-0.05, 0) is 61.7 Å². The van der Waals surface area contributed by atoms with E-state index in [1.54, 1.807) is 52.3 Å². The van der Waals surface area contributed by atoms with E-state index in [1.807, 2.05) is 12.1 Å². The summed E-state index contributed by atoms with van der Waals surface area (Å²) in [5.74, 6) is 1.27. The molecule has 0 aliphatic heterocycles. The van der Waals surface area contributed by atoms with Gasteiger partial charge in [-0.2, -0.15) is 0 Å². The van der Waals surface area contributed by atoms with Crippen LogP contribution in [0.15, 0.2) is 47.4 Å². The van der Waals surface area contributed by atoms with Crippen molar-refractivity contribution in [1.29, 1.82) is 0 Å². The molecule has 0 unspecified atom stereocenters. The number of sulfonamides is 1. The van der Waals surface area contributed by atoms with E-state index in [0.29, 0.717) is 23.5 Å². The second-order valence-corrected chi connectivity index (χ2v) is 8.59. The van der Waals surface area contributed by atoms with Crippen LogP contribution in [0.2, 0.25) is 0 Å². The van der Waals surface area contributed by atoms with Gasteiger partial charge >= 0.3 is 0 Å². The first-order valence-electron chi connectivity index (χ1n) is 9.34. The molecule has 1 amide bonds. The van der Waals surface area contributed by atoms with Crippen LogP contribution >= 0.6 is 0 Å². The molecule has 0 saturated carbocycles. The highest BCUT2D eigenvalue weighted by atomic mass is 32.2. The minimum Gasteiger partial charge on any atom is -0.497 e. The highest BCUT2D eigenvalue weighted by Crippen LogP contribution is 2.25. The van der Waals surface area contributed by atoms with Crippen molar-refractivity contribution in [2.75, 3.05) is 14.2 Å². The molecule has 0 saturated heterocycles. The van der Waals surface area contributed by atoms with Gasteiger partial charge in [0, 0.05) is 19.0 Å². The molecule has 8 heteroatoms. The number of aryl methyl sites for hydroxylation is 1. The normalized spacial score (nSPS) is 11.3. The summed E-state index contributed by atoms with van der Waals surface area (Å²) < 4.78 is 37.7. The van der Waals surface area contributed by atoms with Gasteiger partial charge in [-0.15, -0.1) is 0 Å². The molecule has 0 atom stereocenters. The second kappa shape index (κ2) is 10.3. The van der Waals surface area contributed by atoms with Crippen LogP contribution in [0.3, 0.4) is 0 Å². The zero-order chi connectivity index (χ0) is 21.4.